The standard InChI is InChI=1S/C18H16ClN5O4/c19-16-22-17(20-12-7-3-5-10-4-1-2-6-11(10)12)24-18(23-16)21-13(15(27)28)8-9-14(25)26/h1-7,13H,8-9H2,(H,25,26)(H,27,28)(H2,20,21,22,23,24)/t13-/m0/s1. The van der Waals surface area contributed by atoms with Gasteiger partial charge in [0.25, 0.3) is 0 Å². The second-order valence-corrected chi connectivity index (χ2v) is 6.21. The minimum Gasteiger partial charge on any atom is -0.481 e. The second kappa shape index (κ2) is 8.49. The Labute approximate surface area is 164 Å². The quantitative estimate of drug-likeness (QED) is 0.448. The van der Waals surface area contributed by atoms with Crippen molar-refractivity contribution < 1.29 is 19.8 Å². The molecule has 0 fully saturated rings. The van der Waals surface area contributed by atoms with Gasteiger partial charge in [-0.25, -0.2) is 4.79 Å². The normalized spacial score (nSPS) is 11.8. The van der Waals surface area contributed by atoms with Crippen LogP contribution in [0.25, 0.3) is 10.8 Å². The molecule has 0 unspecified atom stereocenters. The van der Waals surface area contributed by atoms with Gasteiger partial charge in [0.1, 0.15) is 6.04 Å². The van der Waals surface area contributed by atoms with Crippen LogP contribution in [0.15, 0.2) is 42.5 Å². The Hall–Kier alpha value is -3.46. The number of rotatable bonds is 8. The minimum absolute atomic E-state index is 0.0690. The van der Waals surface area contributed by atoms with E-state index >= 15 is 0 Å². The van der Waals surface area contributed by atoms with Crippen LogP contribution in [0.4, 0.5) is 17.6 Å². The molecule has 0 amide bonds. The summed E-state index contributed by atoms with van der Waals surface area (Å²) in [6.45, 7) is 0. The average Bonchev–Trinajstić information content (AvgIpc) is 2.64. The van der Waals surface area contributed by atoms with Crippen molar-refractivity contribution in [1.29, 1.82) is 0 Å². The Bertz CT molecular complexity index is 1020. The highest BCUT2D eigenvalue weighted by Crippen LogP contribution is 2.25. The van der Waals surface area contributed by atoms with Crippen molar-refractivity contribution in [3.05, 3.63) is 47.7 Å². The summed E-state index contributed by atoms with van der Waals surface area (Å²) in [6.07, 6.45) is -0.454. The summed E-state index contributed by atoms with van der Waals surface area (Å²) in [4.78, 5) is 34.1. The molecule has 0 aliphatic heterocycles. The van der Waals surface area contributed by atoms with Crippen molar-refractivity contribution in [3.8, 4) is 0 Å². The highest BCUT2D eigenvalue weighted by molar-refractivity contribution is 6.28. The molecule has 0 radical (unpaired) electrons. The van der Waals surface area contributed by atoms with E-state index in [-0.39, 0.29) is 30.0 Å². The Morgan fingerprint density at radius 3 is 2.46 bits per heavy atom. The Balaban J connectivity index is 1.84. The van der Waals surface area contributed by atoms with Crippen LogP contribution in [0.1, 0.15) is 12.8 Å². The number of aromatic nitrogens is 3. The highest BCUT2D eigenvalue weighted by Gasteiger charge is 2.20. The first-order valence-electron chi connectivity index (χ1n) is 8.30. The van der Waals surface area contributed by atoms with Gasteiger partial charge >= 0.3 is 11.9 Å². The maximum absolute atomic E-state index is 11.3. The van der Waals surface area contributed by atoms with Gasteiger partial charge in [-0.1, -0.05) is 36.4 Å². The Morgan fingerprint density at radius 1 is 1.00 bits per heavy atom. The molecule has 0 aliphatic carbocycles. The fraction of sp³-hybridized carbons (Fsp3) is 0.167. The fourth-order valence-electron chi connectivity index (χ4n) is 2.61. The molecular weight excluding hydrogens is 386 g/mol. The van der Waals surface area contributed by atoms with E-state index in [1.165, 1.54) is 0 Å². The van der Waals surface area contributed by atoms with Crippen molar-refractivity contribution in [2.24, 2.45) is 0 Å². The molecule has 2 aromatic carbocycles. The fourth-order valence-corrected chi connectivity index (χ4v) is 2.77. The first kappa shape index (κ1) is 19.3. The third kappa shape index (κ3) is 4.83. The molecule has 1 heterocycles. The number of benzene rings is 2. The van der Waals surface area contributed by atoms with Gasteiger partial charge in [-0.15, -0.1) is 0 Å². The third-order valence-corrected chi connectivity index (χ3v) is 4.06. The van der Waals surface area contributed by atoms with E-state index < -0.39 is 18.0 Å². The Kier molecular flexibility index (Phi) is 5.85. The highest BCUT2D eigenvalue weighted by atomic mass is 35.5. The summed E-state index contributed by atoms with van der Waals surface area (Å²) < 4.78 is 0. The maximum atomic E-state index is 11.3. The van der Waals surface area contributed by atoms with E-state index in [1.807, 2.05) is 42.5 Å². The number of hydrogen-bond acceptors (Lipinski definition) is 7. The van der Waals surface area contributed by atoms with Crippen molar-refractivity contribution in [3.63, 3.8) is 0 Å². The number of anilines is 3. The molecule has 0 bridgehead atoms. The largest absolute Gasteiger partial charge is 0.481 e. The van der Waals surface area contributed by atoms with E-state index in [0.717, 1.165) is 16.5 Å². The number of halogens is 1. The lowest BCUT2D eigenvalue weighted by atomic mass is 10.1. The van der Waals surface area contributed by atoms with Gasteiger partial charge in [-0.2, -0.15) is 15.0 Å². The molecule has 0 spiro atoms. The lowest BCUT2D eigenvalue weighted by Crippen LogP contribution is -2.31. The van der Waals surface area contributed by atoms with Crippen LogP contribution in [0.3, 0.4) is 0 Å². The molecule has 10 heteroatoms. The molecule has 1 atom stereocenters. The summed E-state index contributed by atoms with van der Waals surface area (Å²) in [7, 11) is 0. The Morgan fingerprint density at radius 2 is 1.71 bits per heavy atom. The number of carboxylic acids is 2. The van der Waals surface area contributed by atoms with Crippen LogP contribution < -0.4 is 10.6 Å². The van der Waals surface area contributed by atoms with Crippen LogP contribution in [0.5, 0.6) is 0 Å². The zero-order valence-corrected chi connectivity index (χ0v) is 15.2. The van der Waals surface area contributed by atoms with Crippen molar-refractivity contribution in [2.45, 2.75) is 18.9 Å². The maximum Gasteiger partial charge on any atom is 0.326 e. The predicted octanol–water partition coefficient (Wildman–Crippen LogP) is 3.15. The summed E-state index contributed by atoms with van der Waals surface area (Å²) in [6, 6.07) is 12.2. The van der Waals surface area contributed by atoms with Crippen molar-refractivity contribution in [1.82, 2.24) is 15.0 Å². The molecule has 0 aliphatic rings. The van der Waals surface area contributed by atoms with E-state index in [1.54, 1.807) is 0 Å². The van der Waals surface area contributed by atoms with Crippen LogP contribution in [-0.2, 0) is 9.59 Å². The first-order chi connectivity index (χ1) is 13.4. The summed E-state index contributed by atoms with van der Waals surface area (Å²) >= 11 is 5.94. The molecular formula is C18H16ClN5O4. The predicted molar refractivity (Wildman–Crippen MR) is 104 cm³/mol. The molecule has 3 aromatic rings. The molecule has 4 N–H and O–H groups in total. The van der Waals surface area contributed by atoms with Crippen LogP contribution >= 0.6 is 11.6 Å². The number of carbonyl (C=O) groups is 2. The lowest BCUT2D eigenvalue weighted by Gasteiger charge is -2.14. The lowest BCUT2D eigenvalue weighted by molar-refractivity contribution is -0.139. The topological polar surface area (TPSA) is 137 Å². The molecule has 28 heavy (non-hydrogen) atoms. The number of hydrogen-bond donors (Lipinski definition) is 4. The third-order valence-electron chi connectivity index (χ3n) is 3.89. The van der Waals surface area contributed by atoms with E-state index in [2.05, 4.69) is 25.6 Å². The van der Waals surface area contributed by atoms with Gasteiger partial charge < -0.3 is 20.8 Å². The van der Waals surface area contributed by atoms with E-state index in [4.69, 9.17) is 16.7 Å². The van der Waals surface area contributed by atoms with Gasteiger partial charge in [0.15, 0.2) is 0 Å². The molecule has 144 valence electrons. The van der Waals surface area contributed by atoms with E-state index in [0.29, 0.717) is 0 Å². The van der Waals surface area contributed by atoms with Crippen LogP contribution in [-0.4, -0.2) is 43.1 Å². The zero-order valence-electron chi connectivity index (χ0n) is 14.5. The molecule has 9 nitrogen and oxygen atoms in total. The van der Waals surface area contributed by atoms with Crippen LogP contribution in [0, 0.1) is 0 Å². The van der Waals surface area contributed by atoms with Gasteiger partial charge in [-0.05, 0) is 29.5 Å². The number of carboxylic acid groups (broad SMARTS) is 2. The number of nitrogens with one attached hydrogen (secondary N) is 2. The molecule has 3 rings (SSSR count). The van der Waals surface area contributed by atoms with Crippen molar-refractivity contribution in [2.75, 3.05) is 10.6 Å². The first-order valence-corrected chi connectivity index (χ1v) is 8.67. The SMILES string of the molecule is O=C(O)CC[C@H](Nc1nc(Cl)nc(Nc2cccc3ccccc23)n1)C(=O)O. The number of fused-ring (bicyclic) bond motifs is 1. The summed E-state index contributed by atoms with van der Waals surface area (Å²) in [5.74, 6) is -2.26. The number of aliphatic carboxylic acids is 2. The second-order valence-electron chi connectivity index (χ2n) is 5.87. The van der Waals surface area contributed by atoms with Gasteiger partial charge in [0, 0.05) is 17.5 Å². The molecule has 0 saturated heterocycles. The zero-order chi connectivity index (χ0) is 20.1. The molecule has 1 aromatic heterocycles. The van der Waals surface area contributed by atoms with Crippen LogP contribution in [0.2, 0.25) is 5.28 Å². The molecule has 0 saturated carbocycles. The van der Waals surface area contributed by atoms with Gasteiger partial charge in [0.2, 0.25) is 17.2 Å². The minimum atomic E-state index is -1.22. The van der Waals surface area contributed by atoms with Gasteiger partial charge in [-0.3, -0.25) is 4.79 Å². The van der Waals surface area contributed by atoms with E-state index in [9.17, 15) is 14.7 Å². The summed E-state index contributed by atoms with van der Waals surface area (Å²) in [5, 5.41) is 25.5. The summed E-state index contributed by atoms with van der Waals surface area (Å²) in [5.41, 5.74) is 0.743. The number of nitrogens with zero attached hydrogens (tertiary/aromatic N) is 3. The monoisotopic (exact) mass is 401 g/mol. The smallest absolute Gasteiger partial charge is 0.326 e. The van der Waals surface area contributed by atoms with Crippen molar-refractivity contribution >= 4 is 51.9 Å². The average molecular weight is 402 g/mol. The van der Waals surface area contributed by atoms with Gasteiger partial charge in [0.05, 0.1) is 0 Å².